The number of anilines is 1. The van der Waals surface area contributed by atoms with Crippen molar-refractivity contribution in [3.05, 3.63) is 23.9 Å². The van der Waals surface area contributed by atoms with Gasteiger partial charge in [-0.2, -0.15) is 0 Å². The number of hydrogen-bond donors (Lipinski definition) is 0. The second kappa shape index (κ2) is 6.25. The monoisotopic (exact) mass is 252 g/mol. The molecular weight excluding hydrogens is 232 g/mol. The molecule has 0 amide bonds. The van der Waals surface area contributed by atoms with Crippen LogP contribution in [-0.2, 0) is 0 Å². The van der Waals surface area contributed by atoms with Gasteiger partial charge < -0.3 is 4.90 Å². The van der Waals surface area contributed by atoms with E-state index in [-0.39, 0.29) is 0 Å². The summed E-state index contributed by atoms with van der Waals surface area (Å²) >= 11 is 5.94. The van der Waals surface area contributed by atoms with Gasteiger partial charge in [-0.15, -0.1) is 11.6 Å². The van der Waals surface area contributed by atoms with Crippen LogP contribution in [0, 0.1) is 6.92 Å². The molecule has 0 aromatic carbocycles. The Morgan fingerprint density at radius 2 is 2.12 bits per heavy atom. The summed E-state index contributed by atoms with van der Waals surface area (Å²) in [6, 6.07) is 4.85. The van der Waals surface area contributed by atoms with E-state index in [0.29, 0.717) is 11.9 Å². The van der Waals surface area contributed by atoms with Crippen LogP contribution < -0.4 is 4.90 Å². The zero-order valence-electron chi connectivity index (χ0n) is 10.5. The van der Waals surface area contributed by atoms with Gasteiger partial charge in [-0.05, 0) is 37.5 Å². The normalized spacial score (nSPS) is 17.1. The molecule has 17 heavy (non-hydrogen) atoms. The lowest BCUT2D eigenvalue weighted by atomic mass is 9.94. The van der Waals surface area contributed by atoms with Gasteiger partial charge in [0.05, 0.1) is 0 Å². The Bertz CT molecular complexity index is 348. The van der Waals surface area contributed by atoms with Crippen molar-refractivity contribution in [2.24, 2.45) is 0 Å². The smallest absolute Gasteiger partial charge is 0.129 e. The summed E-state index contributed by atoms with van der Waals surface area (Å²) in [5, 5.41) is 0. The van der Waals surface area contributed by atoms with Crippen LogP contribution in [0.1, 0.15) is 37.7 Å². The van der Waals surface area contributed by atoms with Gasteiger partial charge >= 0.3 is 0 Å². The maximum absolute atomic E-state index is 5.94. The minimum atomic E-state index is 0.636. The molecule has 0 radical (unpaired) electrons. The number of hydrogen-bond acceptors (Lipinski definition) is 2. The Morgan fingerprint density at radius 1 is 1.35 bits per heavy atom. The fraction of sp³-hybridized carbons (Fsp3) is 0.643. The van der Waals surface area contributed by atoms with Crippen molar-refractivity contribution in [1.29, 1.82) is 0 Å². The molecule has 1 aliphatic carbocycles. The van der Waals surface area contributed by atoms with Crippen LogP contribution in [0.15, 0.2) is 18.3 Å². The Balaban J connectivity index is 2.15. The van der Waals surface area contributed by atoms with Gasteiger partial charge in [0.25, 0.3) is 0 Å². The molecule has 0 bridgehead atoms. The van der Waals surface area contributed by atoms with E-state index in [9.17, 15) is 0 Å². The van der Waals surface area contributed by atoms with Crippen LogP contribution >= 0.6 is 11.6 Å². The van der Waals surface area contributed by atoms with Crippen molar-refractivity contribution < 1.29 is 0 Å². The highest BCUT2D eigenvalue weighted by atomic mass is 35.5. The fourth-order valence-electron chi connectivity index (χ4n) is 2.65. The van der Waals surface area contributed by atoms with Crippen LogP contribution in [0.3, 0.4) is 0 Å². The summed E-state index contributed by atoms with van der Waals surface area (Å²) in [4.78, 5) is 6.90. The van der Waals surface area contributed by atoms with Crippen molar-refractivity contribution in [2.75, 3.05) is 17.3 Å². The summed E-state index contributed by atoms with van der Waals surface area (Å²) in [5.74, 6) is 1.77. The maximum Gasteiger partial charge on any atom is 0.129 e. The minimum absolute atomic E-state index is 0.636. The highest BCUT2D eigenvalue weighted by Gasteiger charge is 2.21. The third-order valence-electron chi connectivity index (χ3n) is 3.54. The second-order valence-corrected chi connectivity index (χ2v) is 5.24. The Labute approximate surface area is 109 Å². The van der Waals surface area contributed by atoms with Crippen molar-refractivity contribution in [3.63, 3.8) is 0 Å². The van der Waals surface area contributed by atoms with Gasteiger partial charge in [0, 0.05) is 24.7 Å². The molecule has 0 atom stereocenters. The maximum atomic E-state index is 5.94. The van der Waals surface area contributed by atoms with Crippen LogP contribution in [-0.4, -0.2) is 23.5 Å². The first kappa shape index (κ1) is 12.7. The lowest BCUT2D eigenvalue weighted by molar-refractivity contribution is 0.416. The van der Waals surface area contributed by atoms with Gasteiger partial charge in [-0.3, -0.25) is 0 Å². The van der Waals surface area contributed by atoms with Crippen LogP contribution in [0.2, 0.25) is 0 Å². The highest BCUT2D eigenvalue weighted by molar-refractivity contribution is 6.18. The fourth-order valence-corrected chi connectivity index (χ4v) is 2.83. The van der Waals surface area contributed by atoms with E-state index in [1.807, 2.05) is 12.3 Å². The molecule has 0 aliphatic heterocycles. The Hall–Kier alpha value is -0.760. The largest absolute Gasteiger partial charge is 0.352 e. The molecule has 3 heteroatoms. The Kier molecular flexibility index (Phi) is 4.66. The average molecular weight is 253 g/mol. The zero-order valence-corrected chi connectivity index (χ0v) is 11.3. The van der Waals surface area contributed by atoms with Gasteiger partial charge in [-0.1, -0.05) is 19.3 Å². The zero-order chi connectivity index (χ0) is 12.1. The summed E-state index contributed by atoms with van der Waals surface area (Å²) in [5.41, 5.74) is 1.27. The summed E-state index contributed by atoms with van der Waals surface area (Å²) in [6.45, 7) is 3.02. The van der Waals surface area contributed by atoms with Crippen molar-refractivity contribution in [1.82, 2.24) is 4.98 Å². The van der Waals surface area contributed by atoms with Crippen molar-refractivity contribution >= 4 is 17.4 Å². The second-order valence-electron chi connectivity index (χ2n) is 4.87. The van der Waals surface area contributed by atoms with Gasteiger partial charge in [0.15, 0.2) is 0 Å². The highest BCUT2D eigenvalue weighted by Crippen LogP contribution is 2.26. The number of alkyl halides is 1. The van der Waals surface area contributed by atoms with Crippen LogP contribution in [0.5, 0.6) is 0 Å². The first-order chi connectivity index (χ1) is 8.31. The van der Waals surface area contributed by atoms with Crippen LogP contribution in [0.25, 0.3) is 0 Å². The number of aryl methyl sites for hydroxylation is 1. The summed E-state index contributed by atoms with van der Waals surface area (Å²) in [6.07, 6.45) is 8.53. The summed E-state index contributed by atoms with van der Waals surface area (Å²) in [7, 11) is 0. The molecular formula is C14H21ClN2. The molecule has 1 fully saturated rings. The lowest BCUT2D eigenvalue weighted by Crippen LogP contribution is -2.38. The molecule has 1 aromatic heterocycles. The molecule has 1 saturated carbocycles. The predicted molar refractivity (Wildman–Crippen MR) is 73.9 cm³/mol. The topological polar surface area (TPSA) is 16.1 Å². The quantitative estimate of drug-likeness (QED) is 0.759. The van der Waals surface area contributed by atoms with E-state index in [1.165, 1.54) is 37.7 Å². The molecule has 1 heterocycles. The van der Waals surface area contributed by atoms with E-state index < -0.39 is 0 Å². The first-order valence-corrected chi connectivity index (χ1v) is 7.10. The lowest BCUT2D eigenvalue weighted by Gasteiger charge is -2.35. The molecule has 0 N–H and O–H groups in total. The van der Waals surface area contributed by atoms with Gasteiger partial charge in [0.2, 0.25) is 0 Å². The molecule has 0 unspecified atom stereocenters. The van der Waals surface area contributed by atoms with E-state index in [2.05, 4.69) is 22.9 Å². The predicted octanol–water partition coefficient (Wildman–Crippen LogP) is 3.77. The third kappa shape index (κ3) is 3.35. The van der Waals surface area contributed by atoms with Crippen molar-refractivity contribution in [3.8, 4) is 0 Å². The van der Waals surface area contributed by atoms with E-state index in [4.69, 9.17) is 11.6 Å². The van der Waals surface area contributed by atoms with Gasteiger partial charge in [-0.25, -0.2) is 4.98 Å². The molecule has 0 saturated heterocycles. The van der Waals surface area contributed by atoms with E-state index in [1.54, 1.807) is 0 Å². The summed E-state index contributed by atoms with van der Waals surface area (Å²) < 4.78 is 0. The minimum Gasteiger partial charge on any atom is -0.352 e. The van der Waals surface area contributed by atoms with E-state index in [0.717, 1.165) is 12.4 Å². The number of rotatable bonds is 4. The Morgan fingerprint density at radius 3 is 2.76 bits per heavy atom. The molecule has 0 spiro atoms. The number of halogens is 1. The van der Waals surface area contributed by atoms with E-state index >= 15 is 0 Å². The van der Waals surface area contributed by atoms with Gasteiger partial charge in [0.1, 0.15) is 5.82 Å². The van der Waals surface area contributed by atoms with Crippen LogP contribution in [0.4, 0.5) is 5.82 Å². The average Bonchev–Trinajstić information content (AvgIpc) is 2.37. The molecule has 2 nitrogen and oxygen atoms in total. The molecule has 1 aliphatic rings. The number of nitrogens with zero attached hydrogens (tertiary/aromatic N) is 2. The molecule has 94 valence electrons. The first-order valence-electron chi connectivity index (χ1n) is 6.56. The number of pyridine rings is 1. The molecule has 1 aromatic rings. The SMILES string of the molecule is Cc1ccnc(N(CCCl)C2CCCCC2)c1. The third-order valence-corrected chi connectivity index (χ3v) is 3.71. The van der Waals surface area contributed by atoms with Crippen molar-refractivity contribution in [2.45, 2.75) is 45.1 Å². The number of aromatic nitrogens is 1. The molecule has 2 rings (SSSR count). The standard InChI is InChI=1S/C14H21ClN2/c1-12-7-9-16-14(11-12)17(10-8-15)13-5-3-2-4-6-13/h7,9,11,13H,2-6,8,10H2,1H3.